The molecule has 0 aliphatic heterocycles. The number of hydrogen-bond acceptors (Lipinski definition) is 4. The number of nitrogens with one attached hydrogen (secondary N) is 1. The van der Waals surface area contributed by atoms with Crippen LogP contribution in [0.5, 0.6) is 0 Å². The number of fused-ring (bicyclic) bond motifs is 1. The maximum Gasteiger partial charge on any atom is 0.419 e. The van der Waals surface area contributed by atoms with Gasteiger partial charge in [0, 0.05) is 18.3 Å². The van der Waals surface area contributed by atoms with E-state index in [2.05, 4.69) is 4.72 Å². The molecule has 2 aromatic carbocycles. The van der Waals surface area contributed by atoms with Crippen molar-refractivity contribution in [2.75, 3.05) is 4.72 Å². The summed E-state index contributed by atoms with van der Waals surface area (Å²) in [6.45, 7) is 4.20. The van der Waals surface area contributed by atoms with Crippen LogP contribution in [0.25, 0.3) is 11.1 Å². The summed E-state index contributed by atoms with van der Waals surface area (Å²) >= 11 is 0. The van der Waals surface area contributed by atoms with Gasteiger partial charge in [-0.15, -0.1) is 0 Å². The normalized spacial score (nSPS) is 11.7. The molecule has 0 radical (unpaired) electrons. The molecule has 0 amide bonds. The van der Waals surface area contributed by atoms with Crippen molar-refractivity contribution in [1.82, 2.24) is 4.57 Å². The fourth-order valence-corrected chi connectivity index (χ4v) is 3.42. The molecule has 0 aliphatic carbocycles. The molecule has 7 heteroatoms. The van der Waals surface area contributed by atoms with Crippen LogP contribution in [0.15, 0.2) is 56.6 Å². The molecule has 0 fully saturated rings. The second-order valence-corrected chi connectivity index (χ2v) is 6.90. The first-order valence-corrected chi connectivity index (χ1v) is 8.62. The summed E-state index contributed by atoms with van der Waals surface area (Å²) in [4.78, 5) is 11.7. The van der Waals surface area contributed by atoms with Gasteiger partial charge in [-0.3, -0.25) is 9.29 Å². The van der Waals surface area contributed by atoms with Gasteiger partial charge in [-0.1, -0.05) is 17.7 Å². The van der Waals surface area contributed by atoms with Crippen LogP contribution in [0, 0.1) is 6.92 Å². The molecule has 1 heterocycles. The number of aromatic nitrogens is 1. The molecule has 3 rings (SSSR count). The van der Waals surface area contributed by atoms with Gasteiger partial charge in [0.1, 0.15) is 0 Å². The molecule has 0 bridgehead atoms. The van der Waals surface area contributed by atoms with Gasteiger partial charge >= 0.3 is 5.76 Å². The standard InChI is InChI=1S/C16H16N2O4S/c1-3-18-14-9-8-13(10-15(14)22-16(18)19)23(20,21)17-12-6-4-11(2)5-7-12/h4-10,17H,3H2,1-2H3. The Balaban J connectivity index is 2.01. The van der Waals surface area contributed by atoms with Crippen molar-refractivity contribution in [3.63, 3.8) is 0 Å². The lowest BCUT2D eigenvalue weighted by Crippen LogP contribution is -2.13. The molecule has 120 valence electrons. The van der Waals surface area contributed by atoms with Crippen LogP contribution in [0.1, 0.15) is 12.5 Å². The largest absolute Gasteiger partial charge is 0.419 e. The van der Waals surface area contributed by atoms with Crippen molar-refractivity contribution in [2.45, 2.75) is 25.3 Å². The van der Waals surface area contributed by atoms with E-state index in [1.807, 2.05) is 26.0 Å². The van der Waals surface area contributed by atoms with E-state index >= 15 is 0 Å². The molecule has 6 nitrogen and oxygen atoms in total. The van der Waals surface area contributed by atoms with Crippen LogP contribution >= 0.6 is 0 Å². The lowest BCUT2D eigenvalue weighted by Gasteiger charge is -2.08. The van der Waals surface area contributed by atoms with Crippen LogP contribution in [0.2, 0.25) is 0 Å². The topological polar surface area (TPSA) is 81.3 Å². The Bertz CT molecular complexity index is 1010. The summed E-state index contributed by atoms with van der Waals surface area (Å²) in [7, 11) is -3.75. The molecule has 0 saturated carbocycles. The molecule has 0 saturated heterocycles. The molecule has 1 aromatic heterocycles. The second-order valence-electron chi connectivity index (χ2n) is 5.21. The van der Waals surface area contributed by atoms with E-state index < -0.39 is 15.8 Å². The van der Waals surface area contributed by atoms with Crippen molar-refractivity contribution < 1.29 is 12.8 Å². The molecule has 0 unspecified atom stereocenters. The average Bonchev–Trinajstić information content (AvgIpc) is 2.83. The zero-order valence-corrected chi connectivity index (χ0v) is 13.6. The summed E-state index contributed by atoms with van der Waals surface area (Å²) in [6, 6.07) is 11.4. The lowest BCUT2D eigenvalue weighted by atomic mass is 10.2. The van der Waals surface area contributed by atoms with E-state index in [4.69, 9.17) is 4.42 Å². The van der Waals surface area contributed by atoms with E-state index in [1.54, 1.807) is 18.2 Å². The average molecular weight is 332 g/mol. The van der Waals surface area contributed by atoms with E-state index in [0.29, 0.717) is 17.7 Å². The third kappa shape index (κ3) is 2.87. The van der Waals surface area contributed by atoms with Crippen LogP contribution in [-0.2, 0) is 16.6 Å². The molecule has 0 aliphatic rings. The molecule has 23 heavy (non-hydrogen) atoms. The van der Waals surface area contributed by atoms with Crippen molar-refractivity contribution in [1.29, 1.82) is 0 Å². The Morgan fingerprint density at radius 1 is 1.13 bits per heavy atom. The van der Waals surface area contributed by atoms with Crippen LogP contribution in [0.4, 0.5) is 5.69 Å². The van der Waals surface area contributed by atoms with Gasteiger partial charge in [0.25, 0.3) is 10.0 Å². The van der Waals surface area contributed by atoms with Gasteiger partial charge in [0.05, 0.1) is 10.4 Å². The highest BCUT2D eigenvalue weighted by Crippen LogP contribution is 2.21. The molecule has 3 aromatic rings. The Labute approximate surface area is 133 Å². The minimum Gasteiger partial charge on any atom is -0.408 e. The number of aryl methyl sites for hydroxylation is 2. The second kappa shape index (κ2) is 5.58. The first-order chi connectivity index (χ1) is 10.9. The predicted octanol–water partition coefficient (Wildman–Crippen LogP) is 2.72. The first kappa shape index (κ1) is 15.4. The van der Waals surface area contributed by atoms with Gasteiger partial charge in [-0.05, 0) is 38.1 Å². The summed E-state index contributed by atoms with van der Waals surface area (Å²) < 4.78 is 34.0. The quantitative estimate of drug-likeness (QED) is 0.796. The number of rotatable bonds is 4. The third-order valence-electron chi connectivity index (χ3n) is 3.57. The summed E-state index contributed by atoms with van der Waals surface area (Å²) in [6.07, 6.45) is 0. The van der Waals surface area contributed by atoms with Crippen LogP contribution in [0.3, 0.4) is 0 Å². The maximum atomic E-state index is 12.5. The van der Waals surface area contributed by atoms with Crippen LogP contribution < -0.4 is 10.5 Å². The number of nitrogens with zero attached hydrogens (tertiary/aromatic N) is 1. The SMILES string of the molecule is CCn1c(=O)oc2cc(S(=O)(=O)Nc3ccc(C)cc3)ccc21. The van der Waals surface area contributed by atoms with Crippen molar-refractivity contribution in [3.8, 4) is 0 Å². The van der Waals surface area contributed by atoms with E-state index in [-0.39, 0.29) is 10.5 Å². The molecular formula is C16H16N2O4S. The van der Waals surface area contributed by atoms with Gasteiger partial charge in [-0.2, -0.15) is 0 Å². The van der Waals surface area contributed by atoms with Crippen molar-refractivity contribution >= 4 is 26.8 Å². The Morgan fingerprint density at radius 2 is 1.83 bits per heavy atom. The number of oxazole rings is 1. The molecule has 0 atom stereocenters. The fraction of sp³-hybridized carbons (Fsp3) is 0.188. The van der Waals surface area contributed by atoms with Gasteiger partial charge in [0.2, 0.25) is 0 Å². The van der Waals surface area contributed by atoms with Crippen LogP contribution in [-0.4, -0.2) is 13.0 Å². The minimum atomic E-state index is -3.75. The smallest absolute Gasteiger partial charge is 0.408 e. The minimum absolute atomic E-state index is 0.0441. The zero-order chi connectivity index (χ0) is 16.6. The monoisotopic (exact) mass is 332 g/mol. The van der Waals surface area contributed by atoms with Crippen molar-refractivity contribution in [3.05, 3.63) is 58.6 Å². The summed E-state index contributed by atoms with van der Waals surface area (Å²) in [5, 5.41) is 0. The summed E-state index contributed by atoms with van der Waals surface area (Å²) in [5.74, 6) is -0.497. The molecule has 0 spiro atoms. The third-order valence-corrected chi connectivity index (χ3v) is 4.95. The number of sulfonamides is 1. The predicted molar refractivity (Wildman–Crippen MR) is 88.1 cm³/mol. The lowest BCUT2D eigenvalue weighted by molar-refractivity contribution is 0.512. The molecular weight excluding hydrogens is 316 g/mol. The highest BCUT2D eigenvalue weighted by atomic mass is 32.2. The zero-order valence-electron chi connectivity index (χ0n) is 12.7. The number of hydrogen-bond donors (Lipinski definition) is 1. The Hall–Kier alpha value is -2.54. The van der Waals surface area contributed by atoms with E-state index in [0.717, 1.165) is 5.56 Å². The van der Waals surface area contributed by atoms with Gasteiger partial charge in [0.15, 0.2) is 5.58 Å². The molecule has 1 N–H and O–H groups in total. The van der Waals surface area contributed by atoms with Gasteiger partial charge in [-0.25, -0.2) is 13.2 Å². The highest BCUT2D eigenvalue weighted by Gasteiger charge is 2.17. The number of benzene rings is 2. The van der Waals surface area contributed by atoms with Crippen molar-refractivity contribution in [2.24, 2.45) is 0 Å². The highest BCUT2D eigenvalue weighted by molar-refractivity contribution is 7.92. The Kier molecular flexibility index (Phi) is 3.73. The fourth-order valence-electron chi connectivity index (χ4n) is 2.35. The maximum absolute atomic E-state index is 12.5. The number of anilines is 1. The van der Waals surface area contributed by atoms with E-state index in [1.165, 1.54) is 16.7 Å². The first-order valence-electron chi connectivity index (χ1n) is 7.13. The Morgan fingerprint density at radius 3 is 2.48 bits per heavy atom. The van der Waals surface area contributed by atoms with E-state index in [9.17, 15) is 13.2 Å². The summed E-state index contributed by atoms with van der Waals surface area (Å²) in [5.41, 5.74) is 2.34. The van der Waals surface area contributed by atoms with Gasteiger partial charge < -0.3 is 4.42 Å².